The summed E-state index contributed by atoms with van der Waals surface area (Å²) in [5, 5.41) is -0.115. The van der Waals surface area contributed by atoms with Gasteiger partial charge in [0.15, 0.2) is 0 Å². The van der Waals surface area contributed by atoms with Crippen LogP contribution in [0.1, 0.15) is 85.0 Å². The number of carbonyl (C=O) groups excluding carboxylic acids is 1. The smallest absolute Gasteiger partial charge is 0.228 e. The zero-order chi connectivity index (χ0) is 24.7. The van der Waals surface area contributed by atoms with Crippen molar-refractivity contribution in [2.45, 2.75) is 107 Å². The Hall–Kier alpha value is 0.0200. The molecule has 4 unspecified atom stereocenters. The van der Waals surface area contributed by atoms with Crippen molar-refractivity contribution in [3.63, 3.8) is 0 Å². The van der Waals surface area contributed by atoms with Crippen LogP contribution >= 0.6 is 33.8 Å². The second kappa shape index (κ2) is 10.4. The Kier molecular flexibility index (Phi) is 8.29. The molecular weight excluding hydrogens is 493 g/mol. The maximum atomic E-state index is 13.4. The molecule has 5 nitrogen and oxygen atoms in total. The van der Waals surface area contributed by atoms with Crippen molar-refractivity contribution in [2.75, 3.05) is 19.8 Å². The van der Waals surface area contributed by atoms with Gasteiger partial charge in [0.1, 0.15) is 0 Å². The lowest BCUT2D eigenvalue weighted by Gasteiger charge is -2.59. The van der Waals surface area contributed by atoms with Gasteiger partial charge in [0.25, 0.3) is 0 Å². The highest BCUT2D eigenvalue weighted by molar-refractivity contribution is 8.28. The van der Waals surface area contributed by atoms with E-state index in [9.17, 15) is 13.9 Å². The van der Waals surface area contributed by atoms with Gasteiger partial charge < -0.3 is 9.64 Å². The maximum Gasteiger partial charge on any atom is 0.228 e. The van der Waals surface area contributed by atoms with Crippen molar-refractivity contribution >= 4 is 39.7 Å². The predicted octanol–water partition coefficient (Wildman–Crippen LogP) is 7.02. The van der Waals surface area contributed by atoms with Gasteiger partial charge in [-0.3, -0.25) is 13.9 Å². The van der Waals surface area contributed by atoms with Crippen LogP contribution in [0.15, 0.2) is 11.0 Å². The molecule has 34 heavy (non-hydrogen) atoms. The molecule has 1 amide bonds. The largest absolute Gasteiger partial charge is 0.381 e. The minimum Gasteiger partial charge on any atom is -0.381 e. The lowest BCUT2D eigenvalue weighted by atomic mass is 9.73. The fraction of sp³-hybridized carbons (Fsp3) is 0.885. The SMILES string of the molecule is CC(C)(C)C(=O)N(CC1CC1)C1CCC(C2(S(O)(O)C3=CCC(Cl)CC3)CCOCC2)CC1Cl. The second-order valence-corrected chi connectivity index (χ2v) is 15.6. The summed E-state index contributed by atoms with van der Waals surface area (Å²) in [4.78, 5) is 16.2. The second-order valence-electron chi connectivity index (χ2n) is 12.0. The van der Waals surface area contributed by atoms with Crippen LogP contribution in [0.2, 0.25) is 0 Å². The summed E-state index contributed by atoms with van der Waals surface area (Å²) in [6.07, 6.45) is 10.1. The molecule has 4 rings (SSSR count). The number of allylic oxidation sites excluding steroid dienone is 2. The van der Waals surface area contributed by atoms with Crippen molar-refractivity contribution in [3.8, 4) is 0 Å². The lowest BCUT2D eigenvalue weighted by molar-refractivity contribution is -0.143. The third-order valence-corrected chi connectivity index (χ3v) is 12.4. The molecule has 0 aromatic rings. The normalized spacial score (nSPS) is 33.2. The highest BCUT2D eigenvalue weighted by Crippen LogP contribution is 2.68. The van der Waals surface area contributed by atoms with Crippen molar-refractivity contribution in [3.05, 3.63) is 11.0 Å². The topological polar surface area (TPSA) is 70.0 Å². The molecular formula is C26H43Cl2NO4S. The summed E-state index contributed by atoms with van der Waals surface area (Å²) >= 11 is 13.4. The van der Waals surface area contributed by atoms with E-state index in [0.717, 1.165) is 30.7 Å². The van der Waals surface area contributed by atoms with E-state index in [1.54, 1.807) is 0 Å². The molecule has 1 aliphatic heterocycles. The number of ether oxygens (including phenoxy) is 1. The number of rotatable bonds is 6. The van der Waals surface area contributed by atoms with Gasteiger partial charge >= 0.3 is 0 Å². The van der Waals surface area contributed by atoms with E-state index in [4.69, 9.17) is 27.9 Å². The van der Waals surface area contributed by atoms with Gasteiger partial charge in [-0.2, -0.15) is 10.6 Å². The Morgan fingerprint density at radius 2 is 1.82 bits per heavy atom. The first-order valence-corrected chi connectivity index (χ1v) is 15.5. The molecule has 0 bridgehead atoms. The molecule has 0 aromatic heterocycles. The molecule has 2 N–H and O–H groups in total. The van der Waals surface area contributed by atoms with Crippen LogP contribution in [0.3, 0.4) is 0 Å². The summed E-state index contributed by atoms with van der Waals surface area (Å²) in [6, 6.07) is 0.00909. The Balaban J connectivity index is 1.56. The van der Waals surface area contributed by atoms with Gasteiger partial charge in [-0.05, 0) is 76.0 Å². The molecule has 4 atom stereocenters. The number of amides is 1. The fourth-order valence-corrected chi connectivity index (χ4v) is 9.59. The highest BCUT2D eigenvalue weighted by Gasteiger charge is 2.54. The fourth-order valence-electron chi connectivity index (χ4n) is 6.25. The number of carbonyl (C=O) groups is 1. The minimum atomic E-state index is -3.00. The Labute approximate surface area is 217 Å². The van der Waals surface area contributed by atoms with Gasteiger partial charge in [-0.1, -0.05) is 26.8 Å². The van der Waals surface area contributed by atoms with Crippen LogP contribution in [0.25, 0.3) is 0 Å². The van der Waals surface area contributed by atoms with Gasteiger partial charge in [-0.25, -0.2) is 0 Å². The molecule has 1 heterocycles. The molecule has 0 radical (unpaired) electrons. The maximum absolute atomic E-state index is 13.4. The third kappa shape index (κ3) is 5.47. The number of halogens is 2. The Morgan fingerprint density at radius 1 is 1.15 bits per heavy atom. The van der Waals surface area contributed by atoms with Gasteiger partial charge in [0.2, 0.25) is 5.91 Å². The molecule has 0 aromatic carbocycles. The minimum absolute atomic E-state index is 0.00909. The van der Waals surface area contributed by atoms with Gasteiger partial charge in [0, 0.05) is 41.5 Å². The molecule has 3 fully saturated rings. The molecule has 8 heteroatoms. The summed E-state index contributed by atoms with van der Waals surface area (Å²) in [5.41, 5.74) is -0.437. The van der Waals surface area contributed by atoms with E-state index < -0.39 is 20.8 Å². The molecule has 4 aliphatic rings. The summed E-state index contributed by atoms with van der Waals surface area (Å²) < 4.78 is 28.7. The first kappa shape index (κ1) is 27.1. The van der Waals surface area contributed by atoms with Crippen LogP contribution in [0.5, 0.6) is 0 Å². The Morgan fingerprint density at radius 3 is 2.35 bits per heavy atom. The molecule has 2 saturated carbocycles. The molecule has 1 saturated heterocycles. The first-order valence-electron chi connectivity index (χ1n) is 13.1. The first-order chi connectivity index (χ1) is 16.0. The summed E-state index contributed by atoms with van der Waals surface area (Å²) in [5.74, 6) is 0.884. The van der Waals surface area contributed by atoms with Gasteiger partial charge in [0.05, 0.1) is 10.1 Å². The summed E-state index contributed by atoms with van der Waals surface area (Å²) in [7, 11) is -3.00. The van der Waals surface area contributed by atoms with Crippen LogP contribution in [0, 0.1) is 17.3 Å². The number of nitrogens with zero attached hydrogens (tertiary/aromatic N) is 1. The Bertz CT molecular complexity index is 773. The average Bonchev–Trinajstić information content (AvgIpc) is 3.61. The third-order valence-electron chi connectivity index (χ3n) is 8.51. The van der Waals surface area contributed by atoms with E-state index in [-0.39, 0.29) is 28.6 Å². The van der Waals surface area contributed by atoms with E-state index in [1.165, 1.54) is 12.8 Å². The number of alkyl halides is 2. The van der Waals surface area contributed by atoms with Crippen molar-refractivity contribution in [1.82, 2.24) is 4.90 Å². The standard InChI is InChI=1S/C26H43Cl2NO4S/c1-25(2,3)24(30)29(17-18-4-5-18)23-11-6-19(16-22(23)28)26(12-14-33-15-13-26)34(31,32)21-9-7-20(27)8-10-21/h9,18-20,22-23,31-32H,4-8,10-17H2,1-3H3. The summed E-state index contributed by atoms with van der Waals surface area (Å²) in [6.45, 7) is 7.85. The average molecular weight is 537 g/mol. The van der Waals surface area contributed by atoms with E-state index >= 15 is 0 Å². The van der Waals surface area contributed by atoms with E-state index in [1.807, 2.05) is 26.8 Å². The number of hydrogen-bond donors (Lipinski definition) is 2. The van der Waals surface area contributed by atoms with Gasteiger partial charge in [-0.15, -0.1) is 23.2 Å². The zero-order valence-electron chi connectivity index (χ0n) is 21.0. The van der Waals surface area contributed by atoms with Crippen LogP contribution in [-0.2, 0) is 9.53 Å². The van der Waals surface area contributed by atoms with E-state index in [2.05, 4.69) is 4.90 Å². The quantitative estimate of drug-likeness (QED) is 0.358. The van der Waals surface area contributed by atoms with Crippen molar-refractivity contribution in [2.24, 2.45) is 17.3 Å². The zero-order valence-corrected chi connectivity index (χ0v) is 23.3. The van der Waals surface area contributed by atoms with Crippen molar-refractivity contribution < 1.29 is 18.6 Å². The predicted molar refractivity (Wildman–Crippen MR) is 142 cm³/mol. The van der Waals surface area contributed by atoms with Crippen LogP contribution in [-0.4, -0.2) is 61.2 Å². The highest BCUT2D eigenvalue weighted by atomic mass is 35.5. The molecule has 3 aliphatic carbocycles. The molecule has 196 valence electrons. The van der Waals surface area contributed by atoms with E-state index in [0.29, 0.717) is 51.2 Å². The van der Waals surface area contributed by atoms with Crippen LogP contribution in [0.4, 0.5) is 0 Å². The lowest BCUT2D eigenvalue weighted by Crippen LogP contribution is -2.56. The van der Waals surface area contributed by atoms with Crippen molar-refractivity contribution in [1.29, 1.82) is 0 Å². The number of hydrogen-bond acceptors (Lipinski definition) is 4. The van der Waals surface area contributed by atoms with Crippen LogP contribution < -0.4 is 0 Å². The monoisotopic (exact) mass is 535 g/mol. The molecule has 0 spiro atoms.